The molecule has 4 N–H and O–H groups in total. The average Bonchev–Trinajstić information content (AvgIpc) is 3.16. The Hall–Kier alpha value is -3.23. The maximum absolute atomic E-state index is 12.1. The molecule has 1 aromatic heterocycles. The van der Waals surface area contributed by atoms with Crippen molar-refractivity contribution in [3.8, 4) is 5.75 Å². The van der Waals surface area contributed by atoms with Gasteiger partial charge in [-0.2, -0.15) is 5.10 Å². The highest BCUT2D eigenvalue weighted by atomic mass is 35.5. The number of hydrogen-bond donors (Lipinski definition) is 2. The number of nitrogens with two attached hydrogens (primary N) is 2. The van der Waals surface area contributed by atoms with Crippen LogP contribution in [0.15, 0.2) is 53.8 Å². The van der Waals surface area contributed by atoms with Gasteiger partial charge in [-0.1, -0.05) is 40.5 Å². The highest BCUT2D eigenvalue weighted by molar-refractivity contribution is 6.35. The molecule has 8 nitrogen and oxygen atoms in total. The van der Waals surface area contributed by atoms with Crippen molar-refractivity contribution in [1.29, 1.82) is 0 Å². The number of rotatable bonds is 6. The molecular weight excluding hydrogens is 417 g/mol. The van der Waals surface area contributed by atoms with E-state index in [1.807, 2.05) is 0 Å². The normalized spacial score (nSPS) is 11.3. The van der Waals surface area contributed by atoms with Crippen LogP contribution in [0.3, 0.4) is 0 Å². The average molecular weight is 434 g/mol. The van der Waals surface area contributed by atoms with E-state index in [0.29, 0.717) is 27.0 Å². The molecule has 0 atom stereocenters. The number of oxime groups is 1. The fourth-order valence-corrected chi connectivity index (χ4v) is 2.85. The van der Waals surface area contributed by atoms with Crippen molar-refractivity contribution in [3.63, 3.8) is 0 Å². The van der Waals surface area contributed by atoms with E-state index in [-0.39, 0.29) is 18.3 Å². The van der Waals surface area contributed by atoms with Gasteiger partial charge in [-0.15, -0.1) is 0 Å². The summed E-state index contributed by atoms with van der Waals surface area (Å²) >= 11 is 11.9. The Morgan fingerprint density at radius 1 is 1.24 bits per heavy atom. The number of aromatic nitrogens is 2. The summed E-state index contributed by atoms with van der Waals surface area (Å²) in [5.41, 5.74) is 13.6. The zero-order valence-corrected chi connectivity index (χ0v) is 16.8. The van der Waals surface area contributed by atoms with Gasteiger partial charge in [0.25, 0.3) is 0 Å². The summed E-state index contributed by atoms with van der Waals surface area (Å²) in [6.07, 6.45) is 1.55. The van der Waals surface area contributed by atoms with E-state index in [1.54, 1.807) is 49.5 Å². The minimum absolute atomic E-state index is 0.0303. The van der Waals surface area contributed by atoms with Gasteiger partial charge in [0.1, 0.15) is 5.75 Å². The van der Waals surface area contributed by atoms with Crippen molar-refractivity contribution < 1.29 is 14.4 Å². The van der Waals surface area contributed by atoms with Crippen LogP contribution in [-0.2, 0) is 11.6 Å². The Balaban J connectivity index is 1.62. The van der Waals surface area contributed by atoms with Crippen LogP contribution in [0, 0.1) is 6.92 Å². The van der Waals surface area contributed by atoms with Gasteiger partial charge in [0.05, 0.1) is 5.02 Å². The summed E-state index contributed by atoms with van der Waals surface area (Å²) in [6.45, 7) is 1.83. The van der Waals surface area contributed by atoms with Crippen molar-refractivity contribution >= 4 is 40.7 Å². The first-order valence-electron chi connectivity index (χ1n) is 8.36. The lowest BCUT2D eigenvalue weighted by molar-refractivity contribution is 0.0507. The molecule has 2 aromatic carbocycles. The van der Waals surface area contributed by atoms with Gasteiger partial charge in [0, 0.05) is 22.5 Å². The highest BCUT2D eigenvalue weighted by Crippen LogP contribution is 2.27. The quantitative estimate of drug-likeness (QED) is 0.201. The number of amidine groups is 1. The molecule has 0 unspecified atom stereocenters. The first-order chi connectivity index (χ1) is 13.8. The van der Waals surface area contributed by atoms with Crippen LogP contribution in [0.2, 0.25) is 10.0 Å². The third-order valence-electron chi connectivity index (χ3n) is 3.97. The Morgan fingerprint density at radius 2 is 2.03 bits per heavy atom. The molecule has 0 radical (unpaired) electrons. The van der Waals surface area contributed by atoms with Crippen LogP contribution < -0.4 is 16.2 Å². The second kappa shape index (κ2) is 8.85. The van der Waals surface area contributed by atoms with Crippen LogP contribution in [0.5, 0.6) is 5.75 Å². The number of halogens is 2. The number of nitrogens with zero attached hydrogens (tertiary/aromatic N) is 3. The Labute approximate surface area is 176 Å². The Kier molecular flexibility index (Phi) is 6.26. The van der Waals surface area contributed by atoms with Crippen molar-refractivity contribution in [2.24, 2.45) is 10.9 Å². The molecule has 0 aliphatic carbocycles. The molecule has 3 rings (SSSR count). The second-order valence-electron chi connectivity index (χ2n) is 5.96. The first kappa shape index (κ1) is 20.5. The summed E-state index contributed by atoms with van der Waals surface area (Å²) in [5, 5.41) is 8.61. The monoisotopic (exact) mass is 433 g/mol. The predicted molar refractivity (Wildman–Crippen MR) is 111 cm³/mol. The Bertz CT molecular complexity index is 1080. The number of anilines is 1. The molecule has 3 aromatic rings. The van der Waals surface area contributed by atoms with E-state index in [0.717, 1.165) is 5.56 Å². The smallest absolute Gasteiger partial charge is 0.385 e. The number of carbonyl (C=O) groups is 1. The maximum atomic E-state index is 12.1. The fourth-order valence-electron chi connectivity index (χ4n) is 2.39. The van der Waals surface area contributed by atoms with Gasteiger partial charge in [-0.25, -0.2) is 9.48 Å². The van der Waals surface area contributed by atoms with Crippen LogP contribution in [0.4, 0.5) is 5.69 Å². The van der Waals surface area contributed by atoms with Crippen LogP contribution >= 0.6 is 23.2 Å². The number of nitrogen functional groups attached to an aromatic ring is 1. The molecule has 0 saturated carbocycles. The summed E-state index contributed by atoms with van der Waals surface area (Å²) in [4.78, 5) is 17.0. The van der Waals surface area contributed by atoms with Gasteiger partial charge < -0.3 is 21.0 Å². The number of ether oxygens (including phenoxy) is 1. The lowest BCUT2D eigenvalue weighted by atomic mass is 10.1. The summed E-state index contributed by atoms with van der Waals surface area (Å²) in [5.74, 6) is -0.299. The molecule has 0 spiro atoms. The van der Waals surface area contributed by atoms with Crippen molar-refractivity contribution in [1.82, 2.24) is 9.78 Å². The standard InChI is InChI=1S/C19H17Cl2N5O3/c1-11-13(3-2-4-15(11)22)18(23)25-29-19(27)16-7-8-26(24-16)10-28-17-6-5-12(20)9-14(17)21/h2-9H,10,22H2,1H3,(H2,23,25). The van der Waals surface area contributed by atoms with E-state index < -0.39 is 5.97 Å². The SMILES string of the molecule is Cc1c(N)cccc1/C(N)=N/OC(=O)c1ccn(COc2ccc(Cl)cc2Cl)n1. The van der Waals surface area contributed by atoms with E-state index in [2.05, 4.69) is 10.3 Å². The lowest BCUT2D eigenvalue weighted by Crippen LogP contribution is -2.17. The van der Waals surface area contributed by atoms with Crippen molar-refractivity contribution in [2.45, 2.75) is 13.7 Å². The molecule has 10 heteroatoms. The molecule has 0 aliphatic heterocycles. The van der Waals surface area contributed by atoms with Crippen LogP contribution in [0.1, 0.15) is 21.6 Å². The van der Waals surface area contributed by atoms with E-state index in [1.165, 1.54) is 10.7 Å². The predicted octanol–water partition coefficient (Wildman–Crippen LogP) is 3.59. The molecule has 150 valence electrons. The molecule has 1 heterocycles. The summed E-state index contributed by atoms with van der Waals surface area (Å²) in [6, 6.07) is 11.5. The van der Waals surface area contributed by atoms with Crippen LogP contribution in [0.25, 0.3) is 0 Å². The first-order valence-corrected chi connectivity index (χ1v) is 9.12. The summed E-state index contributed by atoms with van der Waals surface area (Å²) < 4.78 is 6.95. The lowest BCUT2D eigenvalue weighted by Gasteiger charge is -2.08. The largest absolute Gasteiger partial charge is 0.470 e. The van der Waals surface area contributed by atoms with Gasteiger partial charge in [0.15, 0.2) is 18.3 Å². The number of carbonyl (C=O) groups excluding carboxylic acids is 1. The fraction of sp³-hybridized carbons (Fsp3) is 0.105. The van der Waals surface area contributed by atoms with E-state index >= 15 is 0 Å². The molecule has 0 amide bonds. The Morgan fingerprint density at radius 3 is 2.79 bits per heavy atom. The molecule has 0 bridgehead atoms. The van der Waals surface area contributed by atoms with Gasteiger partial charge >= 0.3 is 5.97 Å². The highest BCUT2D eigenvalue weighted by Gasteiger charge is 2.13. The van der Waals surface area contributed by atoms with Crippen molar-refractivity contribution in [3.05, 3.63) is 75.5 Å². The van der Waals surface area contributed by atoms with Gasteiger partial charge in [0.2, 0.25) is 0 Å². The molecular formula is C19H17Cl2N5O3. The summed E-state index contributed by atoms with van der Waals surface area (Å²) in [7, 11) is 0. The number of hydrogen-bond acceptors (Lipinski definition) is 6. The third kappa shape index (κ3) is 4.98. The topological polar surface area (TPSA) is 118 Å². The molecule has 0 aliphatic rings. The molecule has 29 heavy (non-hydrogen) atoms. The van der Waals surface area contributed by atoms with Crippen molar-refractivity contribution in [2.75, 3.05) is 5.73 Å². The van der Waals surface area contributed by atoms with Crippen LogP contribution in [-0.4, -0.2) is 21.6 Å². The number of benzene rings is 2. The second-order valence-corrected chi connectivity index (χ2v) is 6.81. The molecule has 0 saturated heterocycles. The van der Waals surface area contributed by atoms with E-state index in [4.69, 9.17) is 44.2 Å². The third-order valence-corrected chi connectivity index (χ3v) is 4.51. The minimum Gasteiger partial charge on any atom is -0.470 e. The zero-order chi connectivity index (χ0) is 21.0. The maximum Gasteiger partial charge on any atom is 0.385 e. The van der Waals surface area contributed by atoms with Gasteiger partial charge in [-0.3, -0.25) is 0 Å². The minimum atomic E-state index is -0.766. The molecule has 0 fully saturated rings. The van der Waals surface area contributed by atoms with Gasteiger partial charge in [-0.05, 0) is 42.8 Å². The zero-order valence-electron chi connectivity index (χ0n) is 15.3. The van der Waals surface area contributed by atoms with E-state index in [9.17, 15) is 4.79 Å².